The minimum absolute atomic E-state index is 0.0843. The molecule has 0 bridgehead atoms. The van der Waals surface area contributed by atoms with Gasteiger partial charge in [0.2, 0.25) is 0 Å². The second-order valence-electron chi connectivity index (χ2n) is 9.64. The number of nitrogens with zero attached hydrogens (tertiary/aromatic N) is 3. The second kappa shape index (κ2) is 12.1. The molecular formula is C31H28Cl2N4O3. The number of aryl methyl sites for hydroxylation is 2. The fraction of sp³-hybridized carbons (Fsp3) is 0.226. The molecule has 0 atom stereocenters. The van der Waals surface area contributed by atoms with Crippen molar-refractivity contribution in [3.63, 3.8) is 0 Å². The number of aromatic amines is 1. The molecule has 0 unspecified atom stereocenters. The molecule has 2 aromatic heterocycles. The van der Waals surface area contributed by atoms with Gasteiger partial charge in [0.05, 0.1) is 12.2 Å². The first-order chi connectivity index (χ1) is 19.4. The van der Waals surface area contributed by atoms with Crippen molar-refractivity contribution >= 4 is 23.2 Å². The monoisotopic (exact) mass is 574 g/mol. The van der Waals surface area contributed by atoms with E-state index in [0.717, 1.165) is 47.2 Å². The topological polar surface area (TPSA) is 93.8 Å². The van der Waals surface area contributed by atoms with Gasteiger partial charge in [-0.25, -0.2) is 9.78 Å². The quantitative estimate of drug-likeness (QED) is 0.208. The molecule has 0 spiro atoms. The predicted octanol–water partition coefficient (Wildman–Crippen LogP) is 6.85. The fourth-order valence-corrected chi connectivity index (χ4v) is 5.32. The van der Waals surface area contributed by atoms with Crippen LogP contribution in [0.25, 0.3) is 22.5 Å². The van der Waals surface area contributed by atoms with E-state index < -0.39 is 5.76 Å². The lowest BCUT2D eigenvalue weighted by Gasteiger charge is -2.17. The summed E-state index contributed by atoms with van der Waals surface area (Å²) in [7, 11) is 0. The molecule has 0 amide bonds. The predicted molar refractivity (Wildman–Crippen MR) is 158 cm³/mol. The zero-order valence-electron chi connectivity index (χ0n) is 22.2. The van der Waals surface area contributed by atoms with Gasteiger partial charge in [0.1, 0.15) is 5.82 Å². The molecule has 0 saturated heterocycles. The van der Waals surface area contributed by atoms with Crippen molar-refractivity contribution in [1.82, 2.24) is 19.7 Å². The Bertz CT molecular complexity index is 1750. The van der Waals surface area contributed by atoms with Crippen molar-refractivity contribution in [3.8, 4) is 22.5 Å². The van der Waals surface area contributed by atoms with Gasteiger partial charge in [-0.15, -0.1) is 0 Å². The van der Waals surface area contributed by atoms with Crippen molar-refractivity contribution in [1.29, 1.82) is 0 Å². The molecule has 3 aromatic carbocycles. The Balaban J connectivity index is 1.50. The molecule has 5 aromatic rings. The molecule has 0 aliphatic heterocycles. The Morgan fingerprint density at radius 3 is 2.25 bits per heavy atom. The third-order valence-electron chi connectivity index (χ3n) is 6.95. The van der Waals surface area contributed by atoms with E-state index in [1.165, 1.54) is 0 Å². The van der Waals surface area contributed by atoms with Gasteiger partial charge in [0.15, 0.2) is 5.82 Å². The molecular weight excluding hydrogens is 547 g/mol. The molecule has 0 saturated carbocycles. The van der Waals surface area contributed by atoms with Crippen LogP contribution < -0.4 is 11.3 Å². The maximum atomic E-state index is 13.9. The van der Waals surface area contributed by atoms with Gasteiger partial charge in [-0.1, -0.05) is 96.3 Å². The average molecular weight is 575 g/mol. The average Bonchev–Trinajstić information content (AvgIpc) is 3.39. The number of halogens is 2. The Morgan fingerprint density at radius 1 is 0.900 bits per heavy atom. The molecule has 0 fully saturated rings. The summed E-state index contributed by atoms with van der Waals surface area (Å²) < 4.78 is 6.35. The molecule has 5 rings (SSSR count). The van der Waals surface area contributed by atoms with E-state index in [0.29, 0.717) is 39.2 Å². The Kier molecular flexibility index (Phi) is 8.33. The van der Waals surface area contributed by atoms with Gasteiger partial charge in [-0.2, -0.15) is 0 Å². The van der Waals surface area contributed by atoms with Crippen molar-refractivity contribution in [2.45, 2.75) is 46.1 Å². The molecule has 7 nitrogen and oxygen atoms in total. The minimum Gasteiger partial charge on any atom is -0.296 e. The van der Waals surface area contributed by atoms with Crippen molar-refractivity contribution in [3.05, 3.63) is 126 Å². The number of hydrogen-bond acceptors (Lipinski definition) is 5. The first-order valence-corrected chi connectivity index (χ1v) is 13.9. The third kappa shape index (κ3) is 5.81. The Labute approximate surface area is 241 Å². The van der Waals surface area contributed by atoms with E-state index in [1.807, 2.05) is 55.5 Å². The molecule has 1 N–H and O–H groups in total. The number of benzene rings is 3. The third-order valence-corrected chi connectivity index (χ3v) is 7.66. The Morgan fingerprint density at radius 2 is 1.60 bits per heavy atom. The van der Waals surface area contributed by atoms with Gasteiger partial charge in [-0.3, -0.25) is 18.9 Å². The highest BCUT2D eigenvalue weighted by atomic mass is 35.5. The highest BCUT2D eigenvalue weighted by Crippen LogP contribution is 2.30. The van der Waals surface area contributed by atoms with E-state index in [9.17, 15) is 9.59 Å². The van der Waals surface area contributed by atoms with Crippen LogP contribution in [0, 0.1) is 6.92 Å². The number of rotatable bonds is 9. The molecule has 0 aliphatic carbocycles. The highest BCUT2D eigenvalue weighted by Gasteiger charge is 2.18. The summed E-state index contributed by atoms with van der Waals surface area (Å²) >= 11 is 12.8. The fourth-order valence-electron chi connectivity index (χ4n) is 4.81. The zero-order valence-corrected chi connectivity index (χ0v) is 23.7. The Hall–Kier alpha value is -3.94. The lowest BCUT2D eigenvalue weighted by molar-refractivity contribution is 0.388. The van der Waals surface area contributed by atoms with Crippen molar-refractivity contribution < 1.29 is 4.52 Å². The molecule has 0 radical (unpaired) electrons. The summed E-state index contributed by atoms with van der Waals surface area (Å²) in [6, 6.07) is 21.0. The van der Waals surface area contributed by atoms with Gasteiger partial charge in [-0.05, 0) is 48.6 Å². The van der Waals surface area contributed by atoms with Crippen LogP contribution in [0.2, 0.25) is 10.0 Å². The van der Waals surface area contributed by atoms with E-state index in [-0.39, 0.29) is 12.1 Å². The van der Waals surface area contributed by atoms with Crippen LogP contribution in [0.15, 0.2) is 80.8 Å². The van der Waals surface area contributed by atoms with Crippen LogP contribution in [0.4, 0.5) is 0 Å². The van der Waals surface area contributed by atoms with E-state index in [4.69, 9.17) is 32.7 Å². The summed E-state index contributed by atoms with van der Waals surface area (Å²) in [4.78, 5) is 32.9. The summed E-state index contributed by atoms with van der Waals surface area (Å²) in [5.74, 6) is 0.400. The highest BCUT2D eigenvalue weighted by molar-refractivity contribution is 6.36. The van der Waals surface area contributed by atoms with E-state index in [2.05, 4.69) is 17.1 Å². The number of H-pyrrole nitrogens is 1. The summed E-state index contributed by atoms with van der Waals surface area (Å²) in [6.07, 6.45) is 3.12. The number of aromatic nitrogens is 4. The number of hydrogen-bond donors (Lipinski definition) is 1. The lowest BCUT2D eigenvalue weighted by Crippen LogP contribution is -2.30. The standard InChI is InChI=1S/C31H28Cl2N4O3/c1-3-4-12-28-24(30(38)37(19(2)34-28)18-25-26(32)10-7-11-27(25)33)17-20-13-15-21(16-14-20)22-8-5-6-9-23(22)29-35-31(39)40-36-29/h5-11,13-16H,3-4,12,17-18H2,1-2H3,(H,35,36,39). The summed E-state index contributed by atoms with van der Waals surface area (Å²) in [5, 5.41) is 4.87. The minimum atomic E-state index is -0.604. The van der Waals surface area contributed by atoms with Gasteiger partial charge in [0.25, 0.3) is 5.56 Å². The molecule has 9 heteroatoms. The number of nitrogens with one attached hydrogen (secondary N) is 1. The first kappa shape index (κ1) is 27.6. The molecule has 204 valence electrons. The van der Waals surface area contributed by atoms with Crippen LogP contribution in [0.5, 0.6) is 0 Å². The summed E-state index contributed by atoms with van der Waals surface area (Å²) in [6.45, 7) is 4.22. The van der Waals surface area contributed by atoms with Gasteiger partial charge in [0, 0.05) is 33.2 Å². The maximum Gasteiger partial charge on any atom is 0.439 e. The number of unbranched alkanes of at least 4 members (excludes halogenated alkanes) is 1. The van der Waals surface area contributed by atoms with Crippen LogP contribution >= 0.6 is 23.2 Å². The maximum absolute atomic E-state index is 13.9. The second-order valence-corrected chi connectivity index (χ2v) is 10.5. The van der Waals surface area contributed by atoms with Crippen molar-refractivity contribution in [2.24, 2.45) is 0 Å². The SMILES string of the molecule is CCCCc1nc(C)n(Cc2c(Cl)cccc2Cl)c(=O)c1Cc1ccc(-c2ccccc2-c2noc(=O)[nH]2)cc1. The summed E-state index contributed by atoms with van der Waals surface area (Å²) in [5.41, 5.74) is 5.71. The molecule has 40 heavy (non-hydrogen) atoms. The van der Waals surface area contributed by atoms with Crippen LogP contribution in [0.1, 0.15) is 48.0 Å². The smallest absolute Gasteiger partial charge is 0.296 e. The van der Waals surface area contributed by atoms with E-state index >= 15 is 0 Å². The van der Waals surface area contributed by atoms with Crippen LogP contribution in [-0.2, 0) is 19.4 Å². The van der Waals surface area contributed by atoms with Crippen LogP contribution in [0.3, 0.4) is 0 Å². The molecule has 2 heterocycles. The van der Waals surface area contributed by atoms with E-state index in [1.54, 1.807) is 22.8 Å². The van der Waals surface area contributed by atoms with Crippen molar-refractivity contribution in [2.75, 3.05) is 0 Å². The lowest BCUT2D eigenvalue weighted by atomic mass is 9.96. The largest absolute Gasteiger partial charge is 0.439 e. The van der Waals surface area contributed by atoms with Gasteiger partial charge < -0.3 is 0 Å². The normalized spacial score (nSPS) is 11.2. The first-order valence-electron chi connectivity index (χ1n) is 13.1. The van der Waals surface area contributed by atoms with Gasteiger partial charge >= 0.3 is 5.76 Å². The zero-order chi connectivity index (χ0) is 28.2. The molecule has 0 aliphatic rings. The van der Waals surface area contributed by atoms with Crippen LogP contribution in [-0.4, -0.2) is 19.7 Å².